The van der Waals surface area contributed by atoms with Gasteiger partial charge in [-0.25, -0.2) is 13.1 Å². The van der Waals surface area contributed by atoms with Crippen molar-refractivity contribution in [3.05, 3.63) is 23.8 Å². The van der Waals surface area contributed by atoms with E-state index in [4.69, 9.17) is 0 Å². The molecular weight excluding hydrogens is 276 g/mol. The number of aliphatic hydroxyl groups is 1. The van der Waals surface area contributed by atoms with Crippen molar-refractivity contribution in [3.63, 3.8) is 0 Å². The molecule has 2 N–H and O–H groups in total. The van der Waals surface area contributed by atoms with Crippen molar-refractivity contribution in [2.45, 2.75) is 37.7 Å². The molecule has 0 aromatic heterocycles. The molecule has 6 heteroatoms. The molecular formula is C14H24N2O3S. The molecule has 0 aliphatic heterocycles. The zero-order valence-corrected chi connectivity index (χ0v) is 13.4. The van der Waals surface area contributed by atoms with E-state index in [0.29, 0.717) is 12.8 Å². The summed E-state index contributed by atoms with van der Waals surface area (Å²) in [5.41, 5.74) is 1.90. The molecule has 20 heavy (non-hydrogen) atoms. The van der Waals surface area contributed by atoms with E-state index < -0.39 is 16.1 Å². The molecule has 0 saturated heterocycles. The Morgan fingerprint density at radius 1 is 1.35 bits per heavy atom. The first-order chi connectivity index (χ1) is 9.27. The Balaban J connectivity index is 2.85. The summed E-state index contributed by atoms with van der Waals surface area (Å²) in [4.78, 5) is 2.13. The van der Waals surface area contributed by atoms with Crippen LogP contribution in [-0.4, -0.2) is 40.3 Å². The number of anilines is 1. The number of sulfonamides is 1. The number of nitrogens with one attached hydrogen (secondary N) is 1. The van der Waals surface area contributed by atoms with Crippen LogP contribution in [0.5, 0.6) is 0 Å². The normalized spacial score (nSPS) is 13.2. The number of hydrogen-bond acceptors (Lipinski definition) is 4. The van der Waals surface area contributed by atoms with Crippen LogP contribution in [0.4, 0.5) is 5.69 Å². The Labute approximate surface area is 121 Å². The van der Waals surface area contributed by atoms with Crippen molar-refractivity contribution in [1.29, 1.82) is 0 Å². The fourth-order valence-electron chi connectivity index (χ4n) is 1.89. The van der Waals surface area contributed by atoms with Gasteiger partial charge in [-0.05, 0) is 37.5 Å². The van der Waals surface area contributed by atoms with Crippen LogP contribution >= 0.6 is 0 Å². The number of aliphatic hydroxyl groups excluding tert-OH is 1. The van der Waals surface area contributed by atoms with Crippen molar-refractivity contribution in [3.8, 4) is 0 Å². The van der Waals surface area contributed by atoms with Gasteiger partial charge in [0.1, 0.15) is 0 Å². The minimum absolute atomic E-state index is 0.239. The SMILES string of the molecule is CCC(O)CCNS(=O)(=O)c1ccc(C)c(N(C)C)c1. The van der Waals surface area contributed by atoms with Gasteiger partial charge in [0.05, 0.1) is 11.0 Å². The molecule has 0 spiro atoms. The monoisotopic (exact) mass is 300 g/mol. The van der Waals surface area contributed by atoms with Gasteiger partial charge >= 0.3 is 0 Å². The highest BCUT2D eigenvalue weighted by atomic mass is 32.2. The van der Waals surface area contributed by atoms with Gasteiger partial charge in [0.25, 0.3) is 0 Å². The van der Waals surface area contributed by atoms with Crippen LogP contribution in [0, 0.1) is 6.92 Å². The summed E-state index contributed by atoms with van der Waals surface area (Å²) in [7, 11) is 0.233. The molecule has 0 aliphatic carbocycles. The highest BCUT2D eigenvalue weighted by molar-refractivity contribution is 7.89. The predicted molar refractivity (Wildman–Crippen MR) is 81.6 cm³/mol. The highest BCUT2D eigenvalue weighted by Gasteiger charge is 2.16. The molecule has 1 aromatic carbocycles. The molecule has 0 bridgehead atoms. The van der Waals surface area contributed by atoms with Gasteiger partial charge in [0.2, 0.25) is 10.0 Å². The molecule has 5 nitrogen and oxygen atoms in total. The number of aryl methyl sites for hydroxylation is 1. The van der Waals surface area contributed by atoms with E-state index in [2.05, 4.69) is 4.72 Å². The van der Waals surface area contributed by atoms with Crippen LogP contribution in [0.15, 0.2) is 23.1 Å². The molecule has 0 heterocycles. The van der Waals surface area contributed by atoms with Gasteiger partial charge in [-0.3, -0.25) is 0 Å². The third kappa shape index (κ3) is 4.47. The summed E-state index contributed by atoms with van der Waals surface area (Å²) in [5.74, 6) is 0. The van der Waals surface area contributed by atoms with E-state index in [1.807, 2.05) is 32.8 Å². The maximum Gasteiger partial charge on any atom is 0.240 e. The molecule has 0 aliphatic rings. The first-order valence-electron chi connectivity index (χ1n) is 6.73. The maximum absolute atomic E-state index is 12.2. The Hall–Kier alpha value is -1.11. The van der Waals surface area contributed by atoms with E-state index in [1.165, 1.54) is 0 Å². The van der Waals surface area contributed by atoms with Crippen LogP contribution < -0.4 is 9.62 Å². The van der Waals surface area contributed by atoms with E-state index in [0.717, 1.165) is 11.3 Å². The molecule has 114 valence electrons. The average Bonchev–Trinajstić information content (AvgIpc) is 2.38. The third-order valence-electron chi connectivity index (χ3n) is 3.21. The van der Waals surface area contributed by atoms with Gasteiger partial charge in [-0.2, -0.15) is 0 Å². The minimum atomic E-state index is -3.52. The molecule has 1 aromatic rings. The van der Waals surface area contributed by atoms with Crippen molar-refractivity contribution in [2.24, 2.45) is 0 Å². The van der Waals surface area contributed by atoms with Gasteiger partial charge in [-0.1, -0.05) is 13.0 Å². The van der Waals surface area contributed by atoms with Crippen molar-refractivity contribution in [2.75, 3.05) is 25.5 Å². The Kier molecular flexibility index (Phi) is 5.98. The summed E-state index contributed by atoms with van der Waals surface area (Å²) in [6.45, 7) is 4.04. The number of rotatable bonds is 7. The number of hydrogen-bond donors (Lipinski definition) is 2. The molecule has 1 rings (SSSR count). The smallest absolute Gasteiger partial charge is 0.240 e. The summed E-state index contributed by atoms with van der Waals surface area (Å²) in [5, 5.41) is 9.44. The second kappa shape index (κ2) is 7.06. The summed E-state index contributed by atoms with van der Waals surface area (Å²) >= 11 is 0. The molecule has 1 atom stereocenters. The first kappa shape index (κ1) is 16.9. The quantitative estimate of drug-likeness (QED) is 0.800. The lowest BCUT2D eigenvalue weighted by molar-refractivity contribution is 0.162. The van der Waals surface area contributed by atoms with Gasteiger partial charge < -0.3 is 10.0 Å². The van der Waals surface area contributed by atoms with Crippen LogP contribution in [0.2, 0.25) is 0 Å². The van der Waals surface area contributed by atoms with Crippen molar-refractivity contribution in [1.82, 2.24) is 4.72 Å². The lowest BCUT2D eigenvalue weighted by Gasteiger charge is -2.17. The van der Waals surface area contributed by atoms with E-state index in [9.17, 15) is 13.5 Å². The predicted octanol–water partition coefficient (Wildman–Crippen LogP) is 1.50. The van der Waals surface area contributed by atoms with Gasteiger partial charge in [-0.15, -0.1) is 0 Å². The summed E-state index contributed by atoms with van der Waals surface area (Å²) in [6.07, 6.45) is 0.576. The highest BCUT2D eigenvalue weighted by Crippen LogP contribution is 2.22. The standard InChI is InChI=1S/C14H24N2O3S/c1-5-12(17)8-9-15-20(18,19)13-7-6-11(2)14(10-13)16(3)4/h6-7,10,12,15,17H,5,8-9H2,1-4H3. The van der Waals surface area contributed by atoms with E-state index in [1.54, 1.807) is 18.2 Å². The average molecular weight is 300 g/mol. The zero-order chi connectivity index (χ0) is 15.3. The fourth-order valence-corrected chi connectivity index (χ4v) is 2.95. The second-order valence-corrected chi connectivity index (χ2v) is 6.86. The Morgan fingerprint density at radius 3 is 2.55 bits per heavy atom. The third-order valence-corrected chi connectivity index (χ3v) is 4.67. The second-order valence-electron chi connectivity index (χ2n) is 5.09. The molecule has 0 amide bonds. The lowest BCUT2D eigenvalue weighted by Crippen LogP contribution is -2.27. The zero-order valence-electron chi connectivity index (χ0n) is 12.5. The van der Waals surface area contributed by atoms with E-state index in [-0.39, 0.29) is 11.4 Å². The van der Waals surface area contributed by atoms with E-state index >= 15 is 0 Å². The Bertz CT molecular complexity index is 541. The lowest BCUT2D eigenvalue weighted by atomic mass is 10.2. The Morgan fingerprint density at radius 2 is 2.00 bits per heavy atom. The molecule has 0 saturated carbocycles. The largest absolute Gasteiger partial charge is 0.393 e. The minimum Gasteiger partial charge on any atom is -0.393 e. The van der Waals surface area contributed by atoms with Crippen molar-refractivity contribution >= 4 is 15.7 Å². The molecule has 1 unspecified atom stereocenters. The topological polar surface area (TPSA) is 69.6 Å². The van der Waals surface area contributed by atoms with Crippen LogP contribution in [-0.2, 0) is 10.0 Å². The van der Waals surface area contributed by atoms with Crippen LogP contribution in [0.25, 0.3) is 0 Å². The molecule has 0 radical (unpaired) electrons. The van der Waals surface area contributed by atoms with Crippen molar-refractivity contribution < 1.29 is 13.5 Å². The number of benzene rings is 1. The number of nitrogens with zero attached hydrogens (tertiary/aromatic N) is 1. The first-order valence-corrected chi connectivity index (χ1v) is 8.22. The van der Waals surface area contributed by atoms with Gasteiger partial charge in [0.15, 0.2) is 0 Å². The molecule has 0 fully saturated rings. The van der Waals surface area contributed by atoms with Gasteiger partial charge in [0, 0.05) is 26.3 Å². The maximum atomic E-state index is 12.2. The van der Waals surface area contributed by atoms with Crippen LogP contribution in [0.3, 0.4) is 0 Å². The summed E-state index contributed by atoms with van der Waals surface area (Å²) in [6, 6.07) is 5.06. The fraction of sp³-hybridized carbons (Fsp3) is 0.571. The van der Waals surface area contributed by atoms with Crippen LogP contribution in [0.1, 0.15) is 25.3 Å². The summed E-state index contributed by atoms with van der Waals surface area (Å²) < 4.78 is 26.9.